The SMILES string of the molecule is C[C@]1(N)C(=O)N([C@@H]2C[C@H](O)[C@@H](CO)O2)C(=O)NC1c1ccnc(=O)[nH]1. The molecule has 2 saturated heterocycles. The quantitative estimate of drug-likeness (QED) is 0.398. The van der Waals surface area contributed by atoms with Crippen LogP contribution in [-0.2, 0) is 9.53 Å². The summed E-state index contributed by atoms with van der Waals surface area (Å²) in [6.07, 6.45) is -1.72. The maximum atomic E-state index is 12.8. The summed E-state index contributed by atoms with van der Waals surface area (Å²) in [4.78, 5) is 43.4. The van der Waals surface area contributed by atoms with E-state index < -0.39 is 54.3 Å². The van der Waals surface area contributed by atoms with E-state index in [2.05, 4.69) is 15.3 Å². The van der Waals surface area contributed by atoms with Gasteiger partial charge in [0.05, 0.1) is 18.8 Å². The summed E-state index contributed by atoms with van der Waals surface area (Å²) in [6, 6.07) is -0.302. The number of aliphatic hydroxyl groups excluding tert-OH is 2. The van der Waals surface area contributed by atoms with Gasteiger partial charge in [0, 0.05) is 18.3 Å². The third kappa shape index (κ3) is 2.91. The standard InChI is InChI=1S/C14H19N5O6/c1-14(15)10(6-2-3-16-12(23)17-6)18-13(24)19(11(14)22)9-4-7(21)8(5-20)25-9/h2-3,7-10,20-21H,4-5,15H2,1H3,(H,18,24)(H,16,17,23)/t7-,8+,9-,10?,14+/m0/s1. The van der Waals surface area contributed by atoms with Crippen molar-refractivity contribution >= 4 is 11.9 Å². The summed E-state index contributed by atoms with van der Waals surface area (Å²) in [5.74, 6) is -0.727. The smallest absolute Gasteiger partial charge is 0.345 e. The highest BCUT2D eigenvalue weighted by Gasteiger charge is 2.53. The Balaban J connectivity index is 1.89. The number of hydrogen-bond donors (Lipinski definition) is 5. The summed E-state index contributed by atoms with van der Waals surface area (Å²) in [5, 5.41) is 21.5. The molecule has 0 radical (unpaired) electrons. The van der Waals surface area contributed by atoms with Crippen LogP contribution in [-0.4, -0.2) is 67.6 Å². The monoisotopic (exact) mass is 353 g/mol. The number of carbonyl (C=O) groups excluding carboxylic acids is 2. The number of nitrogens with one attached hydrogen (secondary N) is 2. The van der Waals surface area contributed by atoms with Gasteiger partial charge in [0.1, 0.15) is 17.9 Å². The molecule has 136 valence electrons. The van der Waals surface area contributed by atoms with Crippen molar-refractivity contribution in [3.8, 4) is 0 Å². The molecule has 11 nitrogen and oxygen atoms in total. The molecule has 0 saturated carbocycles. The minimum Gasteiger partial charge on any atom is -0.394 e. The molecule has 0 bridgehead atoms. The first kappa shape index (κ1) is 17.5. The van der Waals surface area contributed by atoms with Crippen LogP contribution in [0.4, 0.5) is 4.79 Å². The van der Waals surface area contributed by atoms with Crippen molar-refractivity contribution in [3.05, 3.63) is 28.4 Å². The third-order valence-corrected chi connectivity index (χ3v) is 4.45. The van der Waals surface area contributed by atoms with E-state index in [1.165, 1.54) is 19.2 Å². The lowest BCUT2D eigenvalue weighted by atomic mass is 9.87. The number of aliphatic hydroxyl groups is 2. The van der Waals surface area contributed by atoms with E-state index in [0.29, 0.717) is 0 Å². The molecule has 2 aliphatic heterocycles. The van der Waals surface area contributed by atoms with E-state index in [-0.39, 0.29) is 12.1 Å². The van der Waals surface area contributed by atoms with E-state index in [1.54, 1.807) is 0 Å². The Morgan fingerprint density at radius 3 is 2.80 bits per heavy atom. The molecule has 0 aromatic carbocycles. The zero-order valence-corrected chi connectivity index (χ0v) is 13.4. The van der Waals surface area contributed by atoms with Crippen LogP contribution in [0.2, 0.25) is 0 Å². The summed E-state index contributed by atoms with van der Waals surface area (Å²) in [7, 11) is 0. The Hall–Kier alpha value is -2.34. The van der Waals surface area contributed by atoms with Crippen LogP contribution < -0.4 is 16.7 Å². The highest BCUT2D eigenvalue weighted by atomic mass is 16.5. The first-order valence-electron chi connectivity index (χ1n) is 7.68. The van der Waals surface area contributed by atoms with E-state index in [4.69, 9.17) is 15.6 Å². The van der Waals surface area contributed by atoms with Crippen LogP contribution in [0.1, 0.15) is 25.1 Å². The molecule has 1 unspecified atom stereocenters. The van der Waals surface area contributed by atoms with Crippen molar-refractivity contribution in [2.75, 3.05) is 6.61 Å². The molecular formula is C14H19N5O6. The fourth-order valence-electron chi connectivity index (χ4n) is 3.07. The van der Waals surface area contributed by atoms with Gasteiger partial charge in [-0.05, 0) is 13.0 Å². The lowest BCUT2D eigenvalue weighted by molar-refractivity contribution is -0.149. The molecule has 0 aliphatic carbocycles. The van der Waals surface area contributed by atoms with Crippen molar-refractivity contribution in [2.24, 2.45) is 5.73 Å². The zero-order chi connectivity index (χ0) is 18.4. The lowest BCUT2D eigenvalue weighted by Gasteiger charge is -2.43. The number of amides is 3. The molecule has 1 aromatic heterocycles. The highest BCUT2D eigenvalue weighted by molar-refractivity contribution is 6.03. The van der Waals surface area contributed by atoms with Crippen molar-refractivity contribution < 1.29 is 24.5 Å². The number of nitrogens with two attached hydrogens (primary N) is 1. The molecule has 3 heterocycles. The molecular weight excluding hydrogens is 334 g/mol. The summed E-state index contributed by atoms with van der Waals surface area (Å²) in [6.45, 7) is 0.974. The fraction of sp³-hybridized carbons (Fsp3) is 0.571. The van der Waals surface area contributed by atoms with E-state index in [0.717, 1.165) is 4.90 Å². The summed E-state index contributed by atoms with van der Waals surface area (Å²) < 4.78 is 5.38. The van der Waals surface area contributed by atoms with Crippen molar-refractivity contribution in [3.63, 3.8) is 0 Å². The van der Waals surface area contributed by atoms with Crippen LogP contribution in [0.15, 0.2) is 17.1 Å². The van der Waals surface area contributed by atoms with Crippen molar-refractivity contribution in [1.29, 1.82) is 0 Å². The molecule has 3 amide bonds. The van der Waals surface area contributed by atoms with Gasteiger partial charge >= 0.3 is 11.7 Å². The van der Waals surface area contributed by atoms with Gasteiger partial charge in [-0.25, -0.2) is 19.5 Å². The number of imide groups is 1. The Kier molecular flexibility index (Phi) is 4.33. The lowest BCUT2D eigenvalue weighted by Crippen LogP contribution is -2.70. The Morgan fingerprint density at radius 2 is 2.20 bits per heavy atom. The fourth-order valence-corrected chi connectivity index (χ4v) is 3.07. The number of aromatic amines is 1. The molecule has 3 rings (SSSR count). The number of nitrogens with zero attached hydrogens (tertiary/aromatic N) is 2. The van der Waals surface area contributed by atoms with Gasteiger partial charge in [-0.1, -0.05) is 0 Å². The number of ether oxygens (including phenoxy) is 1. The molecule has 25 heavy (non-hydrogen) atoms. The number of rotatable bonds is 3. The number of carbonyl (C=O) groups is 2. The number of urea groups is 1. The van der Waals surface area contributed by atoms with E-state index in [1.807, 2.05) is 0 Å². The summed E-state index contributed by atoms with van der Waals surface area (Å²) in [5.41, 5.74) is 4.18. The van der Waals surface area contributed by atoms with Gasteiger partial charge < -0.3 is 31.0 Å². The van der Waals surface area contributed by atoms with Crippen LogP contribution in [0, 0.1) is 0 Å². The van der Waals surface area contributed by atoms with Gasteiger partial charge in [-0.3, -0.25) is 4.79 Å². The third-order valence-electron chi connectivity index (χ3n) is 4.45. The molecule has 2 aliphatic rings. The molecule has 11 heteroatoms. The minimum absolute atomic E-state index is 0.0305. The van der Waals surface area contributed by atoms with Gasteiger partial charge in [0.15, 0.2) is 0 Å². The van der Waals surface area contributed by atoms with Gasteiger partial charge in [-0.15, -0.1) is 0 Å². The second kappa shape index (κ2) is 6.19. The number of hydrogen-bond acceptors (Lipinski definition) is 8. The normalized spacial score (nSPS) is 35.8. The number of aromatic nitrogens is 2. The van der Waals surface area contributed by atoms with Gasteiger partial charge in [0.2, 0.25) is 0 Å². The highest BCUT2D eigenvalue weighted by Crippen LogP contribution is 2.32. The largest absolute Gasteiger partial charge is 0.394 e. The second-order valence-corrected chi connectivity index (χ2v) is 6.29. The maximum absolute atomic E-state index is 12.8. The Bertz CT molecular complexity index is 749. The van der Waals surface area contributed by atoms with E-state index in [9.17, 15) is 19.5 Å². The average molecular weight is 353 g/mol. The second-order valence-electron chi connectivity index (χ2n) is 6.29. The van der Waals surface area contributed by atoms with Crippen LogP contribution in [0.3, 0.4) is 0 Å². The first-order chi connectivity index (χ1) is 11.8. The Morgan fingerprint density at radius 1 is 1.48 bits per heavy atom. The maximum Gasteiger partial charge on any atom is 0.345 e. The first-order valence-corrected chi connectivity index (χ1v) is 7.68. The van der Waals surface area contributed by atoms with Gasteiger partial charge in [0.25, 0.3) is 5.91 Å². The summed E-state index contributed by atoms with van der Waals surface area (Å²) >= 11 is 0. The van der Waals surface area contributed by atoms with Crippen molar-refractivity contribution in [1.82, 2.24) is 20.2 Å². The van der Waals surface area contributed by atoms with Crippen LogP contribution >= 0.6 is 0 Å². The van der Waals surface area contributed by atoms with Gasteiger partial charge in [-0.2, -0.15) is 0 Å². The topological polar surface area (TPSA) is 171 Å². The Labute approximate surface area is 141 Å². The molecule has 5 atom stereocenters. The molecule has 6 N–H and O–H groups in total. The van der Waals surface area contributed by atoms with E-state index >= 15 is 0 Å². The minimum atomic E-state index is -1.58. The predicted molar refractivity (Wildman–Crippen MR) is 81.9 cm³/mol. The van der Waals surface area contributed by atoms with Crippen LogP contribution in [0.25, 0.3) is 0 Å². The predicted octanol–water partition coefficient (Wildman–Crippen LogP) is -2.45. The van der Waals surface area contributed by atoms with Crippen molar-refractivity contribution in [2.45, 2.75) is 43.4 Å². The molecule has 0 spiro atoms. The molecule has 1 aromatic rings. The average Bonchev–Trinajstić information content (AvgIpc) is 2.92. The zero-order valence-electron chi connectivity index (χ0n) is 13.4. The number of H-pyrrole nitrogens is 1. The molecule has 2 fully saturated rings. The van der Waals surface area contributed by atoms with Crippen LogP contribution in [0.5, 0.6) is 0 Å².